The number of nitrogens with one attached hydrogen (secondary N) is 1. The van der Waals surface area contributed by atoms with Crippen LogP contribution in [0.15, 0.2) is 60.7 Å². The van der Waals surface area contributed by atoms with Crippen molar-refractivity contribution < 1.29 is 9.59 Å². The van der Waals surface area contributed by atoms with Crippen molar-refractivity contribution in [3.8, 4) is 5.69 Å². The zero-order valence-electron chi connectivity index (χ0n) is 17.3. The van der Waals surface area contributed by atoms with E-state index in [1.807, 2.05) is 65.6 Å². The Balaban J connectivity index is 1.23. The van der Waals surface area contributed by atoms with Crippen LogP contribution in [0.3, 0.4) is 0 Å². The highest BCUT2D eigenvalue weighted by Crippen LogP contribution is 2.41. The molecule has 1 atom stereocenters. The number of nitrogens with zero attached hydrogens (tertiary/aromatic N) is 4. The van der Waals surface area contributed by atoms with Crippen molar-refractivity contribution in [1.29, 1.82) is 0 Å². The van der Waals surface area contributed by atoms with Gasteiger partial charge in [0.2, 0.25) is 5.91 Å². The maximum absolute atomic E-state index is 12.9. The minimum atomic E-state index is -0.210. The first-order valence-electron chi connectivity index (χ1n) is 10.8. The maximum Gasteiger partial charge on any atom is 0.273 e. The Bertz CT molecular complexity index is 1080. The summed E-state index contributed by atoms with van der Waals surface area (Å²) >= 11 is 0. The fraction of sp³-hybridized carbons (Fsp3) is 0.333. The van der Waals surface area contributed by atoms with E-state index in [-0.39, 0.29) is 17.7 Å². The summed E-state index contributed by atoms with van der Waals surface area (Å²) in [6.45, 7) is 1.72. The third-order valence-electron chi connectivity index (χ3n) is 5.95. The zero-order chi connectivity index (χ0) is 21.2. The van der Waals surface area contributed by atoms with Gasteiger partial charge in [-0.1, -0.05) is 53.7 Å². The van der Waals surface area contributed by atoms with E-state index in [0.717, 1.165) is 29.8 Å². The van der Waals surface area contributed by atoms with Crippen molar-refractivity contribution >= 4 is 11.8 Å². The Morgan fingerprint density at radius 2 is 1.74 bits per heavy atom. The lowest BCUT2D eigenvalue weighted by molar-refractivity contribution is -0.128. The number of likely N-dealkylation sites (tertiary alicyclic amines) is 1. The van der Waals surface area contributed by atoms with Crippen LogP contribution < -0.4 is 5.32 Å². The normalized spacial score (nSPS) is 18.4. The van der Waals surface area contributed by atoms with Crippen LogP contribution in [-0.4, -0.2) is 44.8 Å². The summed E-state index contributed by atoms with van der Waals surface area (Å²) < 4.78 is 1.78. The van der Waals surface area contributed by atoms with Crippen molar-refractivity contribution in [1.82, 2.24) is 25.2 Å². The minimum Gasteiger partial charge on any atom is -0.350 e. The van der Waals surface area contributed by atoms with Crippen LogP contribution >= 0.6 is 0 Å². The van der Waals surface area contributed by atoms with Gasteiger partial charge in [-0.3, -0.25) is 9.59 Å². The molecule has 2 fully saturated rings. The molecule has 0 bridgehead atoms. The molecule has 2 amide bonds. The first kappa shape index (κ1) is 19.5. The quantitative estimate of drug-likeness (QED) is 0.643. The van der Waals surface area contributed by atoms with Gasteiger partial charge < -0.3 is 10.2 Å². The molecule has 0 spiro atoms. The van der Waals surface area contributed by atoms with E-state index in [0.29, 0.717) is 37.7 Å². The second-order valence-corrected chi connectivity index (χ2v) is 8.38. The molecule has 7 heteroatoms. The Hall–Kier alpha value is -3.48. The van der Waals surface area contributed by atoms with Crippen LogP contribution in [0.2, 0.25) is 0 Å². The summed E-state index contributed by atoms with van der Waals surface area (Å²) in [7, 11) is 0. The molecule has 1 saturated carbocycles. The summed E-state index contributed by atoms with van der Waals surface area (Å²) in [5.74, 6) is 0.355. The number of benzene rings is 2. The highest BCUT2D eigenvalue weighted by Gasteiger charge is 2.35. The zero-order valence-corrected chi connectivity index (χ0v) is 17.3. The van der Waals surface area contributed by atoms with Gasteiger partial charge in [0.15, 0.2) is 5.69 Å². The fourth-order valence-corrected chi connectivity index (χ4v) is 4.20. The van der Waals surface area contributed by atoms with Crippen LogP contribution in [0.4, 0.5) is 0 Å². The molecule has 2 heterocycles. The number of amides is 2. The van der Waals surface area contributed by atoms with Gasteiger partial charge in [0.1, 0.15) is 0 Å². The molecule has 1 aromatic heterocycles. The number of carbonyl (C=O) groups is 2. The Labute approximate surface area is 181 Å². The van der Waals surface area contributed by atoms with Gasteiger partial charge in [-0.25, -0.2) is 4.68 Å². The summed E-state index contributed by atoms with van der Waals surface area (Å²) in [4.78, 5) is 27.2. The fourth-order valence-electron chi connectivity index (χ4n) is 4.20. The van der Waals surface area contributed by atoms with Crippen molar-refractivity contribution in [2.24, 2.45) is 5.92 Å². The van der Waals surface area contributed by atoms with Crippen molar-refractivity contribution in [3.63, 3.8) is 0 Å². The monoisotopic (exact) mass is 415 g/mol. The highest BCUT2D eigenvalue weighted by molar-refractivity contribution is 5.93. The van der Waals surface area contributed by atoms with Gasteiger partial charge in [-0.15, -0.1) is 5.10 Å². The molecule has 31 heavy (non-hydrogen) atoms. The molecule has 7 nitrogen and oxygen atoms in total. The van der Waals surface area contributed by atoms with Crippen molar-refractivity contribution in [3.05, 3.63) is 77.6 Å². The Morgan fingerprint density at radius 1 is 1.03 bits per heavy atom. The van der Waals surface area contributed by atoms with Crippen LogP contribution in [0.25, 0.3) is 5.69 Å². The topological polar surface area (TPSA) is 80.1 Å². The molecular weight excluding hydrogens is 390 g/mol. The summed E-state index contributed by atoms with van der Waals surface area (Å²) in [6.07, 6.45) is 2.55. The molecule has 3 aromatic rings. The van der Waals surface area contributed by atoms with Gasteiger partial charge in [-0.2, -0.15) is 0 Å². The molecule has 1 aliphatic carbocycles. The molecule has 2 aromatic carbocycles. The largest absolute Gasteiger partial charge is 0.350 e. The molecule has 5 rings (SSSR count). The molecule has 1 unspecified atom stereocenters. The van der Waals surface area contributed by atoms with Crippen LogP contribution in [-0.2, 0) is 11.3 Å². The van der Waals surface area contributed by atoms with Crippen LogP contribution in [0.5, 0.6) is 0 Å². The molecule has 1 aliphatic heterocycles. The van der Waals surface area contributed by atoms with Gasteiger partial charge >= 0.3 is 0 Å². The van der Waals surface area contributed by atoms with E-state index in [1.54, 1.807) is 4.68 Å². The predicted octanol–water partition coefficient (Wildman–Crippen LogP) is 2.92. The van der Waals surface area contributed by atoms with Crippen LogP contribution in [0, 0.1) is 5.92 Å². The molecule has 2 aliphatic rings. The predicted molar refractivity (Wildman–Crippen MR) is 116 cm³/mol. The standard InChI is InChI=1S/C24H25N5O2/c30-21-13-18(16-28(21)15-17-7-3-1-4-8-17)14-25-24(31)22-23(19-11-12-19)29(27-26-22)20-9-5-2-6-10-20/h1-10,18-19H,11-16H2,(H,25,31). The number of aromatic nitrogens is 3. The Kier molecular flexibility index (Phi) is 5.24. The number of para-hydroxylation sites is 1. The van der Waals surface area contributed by atoms with Gasteiger partial charge in [-0.05, 0) is 30.5 Å². The Morgan fingerprint density at radius 3 is 2.45 bits per heavy atom. The molecule has 1 N–H and O–H groups in total. The number of rotatable bonds is 7. The van der Waals surface area contributed by atoms with Gasteiger partial charge in [0.05, 0.1) is 11.4 Å². The maximum atomic E-state index is 12.9. The summed E-state index contributed by atoms with van der Waals surface area (Å²) in [6, 6.07) is 19.8. The molecule has 158 valence electrons. The number of carbonyl (C=O) groups excluding carboxylic acids is 2. The lowest BCUT2D eigenvalue weighted by atomic mass is 10.1. The second kappa shape index (κ2) is 8.34. The van der Waals surface area contributed by atoms with Crippen molar-refractivity contribution in [2.45, 2.75) is 31.7 Å². The van der Waals surface area contributed by atoms with Gasteiger partial charge in [0.25, 0.3) is 5.91 Å². The van der Waals surface area contributed by atoms with Crippen molar-refractivity contribution in [2.75, 3.05) is 13.1 Å². The highest BCUT2D eigenvalue weighted by atomic mass is 16.2. The van der Waals surface area contributed by atoms with E-state index in [9.17, 15) is 9.59 Å². The third-order valence-corrected chi connectivity index (χ3v) is 5.95. The lowest BCUT2D eigenvalue weighted by Crippen LogP contribution is -2.32. The van der Waals surface area contributed by atoms with E-state index >= 15 is 0 Å². The average molecular weight is 415 g/mol. The number of hydrogen-bond acceptors (Lipinski definition) is 4. The second-order valence-electron chi connectivity index (χ2n) is 8.38. The molecule has 0 radical (unpaired) electrons. The molecule has 1 saturated heterocycles. The van der Waals surface area contributed by atoms with Crippen LogP contribution in [0.1, 0.15) is 46.9 Å². The first-order chi connectivity index (χ1) is 15.2. The SMILES string of the molecule is O=C(NCC1CC(=O)N(Cc2ccccc2)C1)c1nnn(-c2ccccc2)c1C1CC1. The van der Waals surface area contributed by atoms with E-state index in [1.165, 1.54) is 0 Å². The lowest BCUT2D eigenvalue weighted by Gasteiger charge is -2.17. The van der Waals surface area contributed by atoms with E-state index in [2.05, 4.69) is 15.6 Å². The summed E-state index contributed by atoms with van der Waals surface area (Å²) in [5, 5.41) is 11.5. The first-order valence-corrected chi connectivity index (χ1v) is 10.8. The molecular formula is C24H25N5O2. The van der Waals surface area contributed by atoms with E-state index in [4.69, 9.17) is 0 Å². The minimum absolute atomic E-state index is 0.105. The number of hydrogen-bond donors (Lipinski definition) is 1. The average Bonchev–Trinajstić information content (AvgIpc) is 3.45. The third kappa shape index (κ3) is 4.21. The van der Waals surface area contributed by atoms with Gasteiger partial charge in [0, 0.05) is 37.9 Å². The van der Waals surface area contributed by atoms with E-state index < -0.39 is 0 Å². The smallest absolute Gasteiger partial charge is 0.273 e. The summed E-state index contributed by atoms with van der Waals surface area (Å²) in [5.41, 5.74) is 3.31.